The van der Waals surface area contributed by atoms with Crippen LogP contribution in [0.2, 0.25) is 0 Å². The van der Waals surface area contributed by atoms with Crippen LogP contribution >= 0.6 is 24.0 Å². The molecule has 0 bridgehead atoms. The van der Waals surface area contributed by atoms with Crippen molar-refractivity contribution < 1.29 is 0 Å². The van der Waals surface area contributed by atoms with E-state index in [1.807, 2.05) is 12.1 Å². The Bertz CT molecular complexity index is 460. The average Bonchev–Trinajstić information content (AvgIpc) is 2.51. The molecule has 2 heterocycles. The highest BCUT2D eigenvalue weighted by molar-refractivity contribution is 8.00. The SMILES string of the molecule is CC1(C)CCN(Cc2ccnc(C(N)=S)c2)CCS1. The van der Waals surface area contributed by atoms with Crippen LogP contribution in [0.25, 0.3) is 0 Å². The van der Waals surface area contributed by atoms with Crippen molar-refractivity contribution in [3.05, 3.63) is 29.6 Å². The third-order valence-electron chi connectivity index (χ3n) is 3.41. The number of nitrogens with two attached hydrogens (primary N) is 1. The smallest absolute Gasteiger partial charge is 0.122 e. The number of aromatic nitrogens is 1. The summed E-state index contributed by atoms with van der Waals surface area (Å²) in [5, 5.41) is 0. The van der Waals surface area contributed by atoms with Gasteiger partial charge in [-0.1, -0.05) is 26.1 Å². The Morgan fingerprint density at radius 2 is 2.32 bits per heavy atom. The number of thioether (sulfide) groups is 1. The molecule has 19 heavy (non-hydrogen) atoms. The standard InChI is InChI=1S/C14H21N3S2/c1-14(2)4-6-17(7-8-19-14)10-11-3-5-16-12(9-11)13(15)18/h3,5,9H,4,6-8,10H2,1-2H3,(H2,15,18). The van der Waals surface area contributed by atoms with Crippen molar-refractivity contribution in [2.45, 2.75) is 31.6 Å². The zero-order chi connectivity index (χ0) is 13.9. The molecule has 104 valence electrons. The Balaban J connectivity index is 2.01. The Hall–Kier alpha value is -0.650. The van der Waals surface area contributed by atoms with E-state index in [1.54, 1.807) is 6.20 Å². The Morgan fingerprint density at radius 1 is 1.53 bits per heavy atom. The monoisotopic (exact) mass is 295 g/mol. The van der Waals surface area contributed by atoms with Crippen molar-refractivity contribution in [2.24, 2.45) is 5.73 Å². The molecule has 2 N–H and O–H groups in total. The van der Waals surface area contributed by atoms with Crippen molar-refractivity contribution in [1.29, 1.82) is 0 Å². The van der Waals surface area contributed by atoms with Gasteiger partial charge in [0.2, 0.25) is 0 Å². The van der Waals surface area contributed by atoms with Gasteiger partial charge in [0.1, 0.15) is 4.99 Å². The summed E-state index contributed by atoms with van der Waals surface area (Å²) in [7, 11) is 0. The lowest BCUT2D eigenvalue weighted by Gasteiger charge is -2.22. The lowest BCUT2D eigenvalue weighted by molar-refractivity contribution is 0.276. The predicted octanol–water partition coefficient (Wildman–Crippen LogP) is 2.43. The molecule has 1 aromatic heterocycles. The predicted molar refractivity (Wildman–Crippen MR) is 86.6 cm³/mol. The number of thiocarbonyl (C=S) groups is 1. The second-order valence-corrected chi connectivity index (χ2v) is 7.79. The first-order valence-corrected chi connectivity index (χ1v) is 7.97. The number of hydrogen-bond acceptors (Lipinski definition) is 4. The van der Waals surface area contributed by atoms with Gasteiger partial charge in [0.05, 0.1) is 5.69 Å². The fraction of sp³-hybridized carbons (Fsp3) is 0.571. The van der Waals surface area contributed by atoms with Gasteiger partial charge in [-0.2, -0.15) is 11.8 Å². The Morgan fingerprint density at radius 3 is 3.05 bits per heavy atom. The van der Waals surface area contributed by atoms with E-state index in [1.165, 1.54) is 17.7 Å². The minimum absolute atomic E-state index is 0.370. The number of pyridine rings is 1. The van der Waals surface area contributed by atoms with Gasteiger partial charge >= 0.3 is 0 Å². The summed E-state index contributed by atoms with van der Waals surface area (Å²) < 4.78 is 0.400. The van der Waals surface area contributed by atoms with Gasteiger partial charge < -0.3 is 5.73 Å². The van der Waals surface area contributed by atoms with E-state index in [4.69, 9.17) is 18.0 Å². The zero-order valence-electron chi connectivity index (χ0n) is 11.6. The maximum Gasteiger partial charge on any atom is 0.122 e. The molecule has 0 aliphatic carbocycles. The summed E-state index contributed by atoms with van der Waals surface area (Å²) in [6.45, 7) is 7.90. The van der Waals surface area contributed by atoms with Crippen molar-refractivity contribution in [2.75, 3.05) is 18.8 Å². The first-order chi connectivity index (χ1) is 8.96. The van der Waals surface area contributed by atoms with Crippen molar-refractivity contribution in [3.8, 4) is 0 Å². The minimum Gasteiger partial charge on any atom is -0.388 e. The summed E-state index contributed by atoms with van der Waals surface area (Å²) >= 11 is 7.04. The van der Waals surface area contributed by atoms with E-state index in [-0.39, 0.29) is 0 Å². The molecule has 1 fully saturated rings. The zero-order valence-corrected chi connectivity index (χ0v) is 13.2. The molecule has 5 heteroatoms. The van der Waals surface area contributed by atoms with Crippen molar-refractivity contribution in [1.82, 2.24) is 9.88 Å². The molecular formula is C14H21N3S2. The highest BCUT2D eigenvalue weighted by atomic mass is 32.2. The Labute approximate surface area is 125 Å². The second-order valence-electron chi connectivity index (χ2n) is 5.55. The van der Waals surface area contributed by atoms with Gasteiger partial charge in [-0.3, -0.25) is 9.88 Å². The summed E-state index contributed by atoms with van der Waals surface area (Å²) in [5.41, 5.74) is 7.59. The number of rotatable bonds is 3. The van der Waals surface area contributed by atoms with Crippen molar-refractivity contribution >= 4 is 29.0 Å². The molecule has 1 aliphatic rings. The lowest BCUT2D eigenvalue weighted by Crippen LogP contribution is -2.27. The van der Waals surface area contributed by atoms with Crippen LogP contribution in [-0.2, 0) is 6.54 Å². The highest BCUT2D eigenvalue weighted by Gasteiger charge is 2.23. The van der Waals surface area contributed by atoms with Crippen LogP contribution in [0.4, 0.5) is 0 Å². The van der Waals surface area contributed by atoms with E-state index < -0.39 is 0 Å². The molecule has 1 aromatic rings. The summed E-state index contributed by atoms with van der Waals surface area (Å²) in [4.78, 5) is 7.06. The molecule has 0 amide bonds. The molecule has 1 saturated heterocycles. The van der Waals surface area contributed by atoms with Crippen molar-refractivity contribution in [3.63, 3.8) is 0 Å². The van der Waals surface area contributed by atoms with E-state index in [0.29, 0.717) is 9.74 Å². The quantitative estimate of drug-likeness (QED) is 0.868. The molecule has 0 spiro atoms. The van der Waals surface area contributed by atoms with E-state index >= 15 is 0 Å². The van der Waals surface area contributed by atoms with E-state index in [2.05, 4.69) is 35.5 Å². The first-order valence-electron chi connectivity index (χ1n) is 6.57. The highest BCUT2D eigenvalue weighted by Crippen LogP contribution is 2.31. The lowest BCUT2D eigenvalue weighted by atomic mass is 10.1. The molecule has 2 rings (SSSR count). The third-order valence-corrected chi connectivity index (χ3v) is 4.99. The number of nitrogens with zero attached hydrogens (tertiary/aromatic N) is 2. The van der Waals surface area contributed by atoms with Gasteiger partial charge in [-0.25, -0.2) is 0 Å². The topological polar surface area (TPSA) is 42.2 Å². The van der Waals surface area contributed by atoms with Crippen LogP contribution in [0.3, 0.4) is 0 Å². The van der Waals surface area contributed by atoms with Crippen LogP contribution in [-0.4, -0.2) is 38.5 Å². The molecular weight excluding hydrogens is 274 g/mol. The molecule has 0 aromatic carbocycles. The van der Waals surface area contributed by atoms with Gasteiger partial charge in [0, 0.05) is 29.8 Å². The maximum atomic E-state index is 5.63. The maximum absolute atomic E-state index is 5.63. The molecule has 0 atom stereocenters. The Kier molecular flexibility index (Phi) is 4.81. The summed E-state index contributed by atoms with van der Waals surface area (Å²) in [6.07, 6.45) is 3.02. The van der Waals surface area contributed by atoms with Crippen LogP contribution in [0.5, 0.6) is 0 Å². The molecule has 3 nitrogen and oxygen atoms in total. The molecule has 0 unspecified atom stereocenters. The van der Waals surface area contributed by atoms with Gasteiger partial charge in [0.25, 0.3) is 0 Å². The van der Waals surface area contributed by atoms with E-state index in [9.17, 15) is 0 Å². The minimum atomic E-state index is 0.370. The number of hydrogen-bond donors (Lipinski definition) is 1. The first kappa shape index (κ1) is 14.8. The fourth-order valence-electron chi connectivity index (χ4n) is 2.19. The fourth-order valence-corrected chi connectivity index (χ4v) is 3.44. The molecule has 0 radical (unpaired) electrons. The van der Waals surface area contributed by atoms with Crippen LogP contribution in [0, 0.1) is 0 Å². The third kappa shape index (κ3) is 4.44. The van der Waals surface area contributed by atoms with Gasteiger partial charge in [0.15, 0.2) is 0 Å². The van der Waals surface area contributed by atoms with Crippen LogP contribution in [0.15, 0.2) is 18.3 Å². The normalized spacial score (nSPS) is 19.9. The van der Waals surface area contributed by atoms with E-state index in [0.717, 1.165) is 25.3 Å². The van der Waals surface area contributed by atoms with Crippen LogP contribution in [0.1, 0.15) is 31.5 Å². The van der Waals surface area contributed by atoms with Crippen LogP contribution < -0.4 is 5.73 Å². The molecule has 0 saturated carbocycles. The van der Waals surface area contributed by atoms with Gasteiger partial charge in [-0.05, 0) is 30.7 Å². The average molecular weight is 295 g/mol. The molecule has 1 aliphatic heterocycles. The second kappa shape index (κ2) is 6.20. The summed E-state index contributed by atoms with van der Waals surface area (Å²) in [6, 6.07) is 4.05. The van der Waals surface area contributed by atoms with Gasteiger partial charge in [-0.15, -0.1) is 0 Å². The largest absolute Gasteiger partial charge is 0.388 e. The summed E-state index contributed by atoms with van der Waals surface area (Å²) in [5.74, 6) is 1.19.